The summed E-state index contributed by atoms with van der Waals surface area (Å²) in [6.45, 7) is 8.92. The van der Waals surface area contributed by atoms with E-state index in [2.05, 4.69) is 10.2 Å². The molecule has 1 unspecified atom stereocenters. The Kier molecular flexibility index (Phi) is 5.77. The van der Waals surface area contributed by atoms with Crippen molar-refractivity contribution in [2.75, 3.05) is 13.6 Å². The van der Waals surface area contributed by atoms with Gasteiger partial charge >= 0.3 is 0 Å². The topological polar surface area (TPSA) is 71.5 Å². The van der Waals surface area contributed by atoms with E-state index in [-0.39, 0.29) is 17.5 Å². The summed E-state index contributed by atoms with van der Waals surface area (Å²) in [6, 6.07) is 3.89. The number of amides is 1. The molecular formula is C15H27N3O2. The van der Waals surface area contributed by atoms with Crippen LogP contribution in [0.15, 0.2) is 16.5 Å². The maximum atomic E-state index is 12.0. The largest absolute Gasteiger partial charge is 0.465 e. The Morgan fingerprint density at radius 2 is 2.10 bits per heavy atom. The minimum absolute atomic E-state index is 0.00255. The minimum Gasteiger partial charge on any atom is -0.465 e. The predicted octanol–water partition coefficient (Wildman–Crippen LogP) is 1.65. The van der Waals surface area contributed by atoms with Crippen molar-refractivity contribution in [3.8, 4) is 0 Å². The number of carbonyl (C=O) groups is 1. The standard InChI is InChI=1S/C15H27N3O2/c1-11-6-7-13(20-11)10-18(5)12(9-16)8-14(19)17-15(2,3)4/h6-7,12H,8-10,16H2,1-5H3,(H,17,19). The van der Waals surface area contributed by atoms with Crippen molar-refractivity contribution in [1.29, 1.82) is 0 Å². The van der Waals surface area contributed by atoms with Crippen LogP contribution in [0.1, 0.15) is 38.7 Å². The molecule has 0 spiro atoms. The van der Waals surface area contributed by atoms with E-state index in [0.29, 0.717) is 19.5 Å². The van der Waals surface area contributed by atoms with E-state index in [1.807, 2.05) is 46.9 Å². The Morgan fingerprint density at radius 1 is 1.45 bits per heavy atom. The van der Waals surface area contributed by atoms with Gasteiger partial charge in [-0.15, -0.1) is 0 Å². The first-order valence-electron chi connectivity index (χ1n) is 6.98. The van der Waals surface area contributed by atoms with Gasteiger partial charge in [0.1, 0.15) is 11.5 Å². The van der Waals surface area contributed by atoms with Gasteiger partial charge in [0.2, 0.25) is 5.91 Å². The molecule has 1 aromatic rings. The summed E-state index contributed by atoms with van der Waals surface area (Å²) < 4.78 is 5.55. The van der Waals surface area contributed by atoms with Crippen LogP contribution < -0.4 is 11.1 Å². The molecule has 0 saturated heterocycles. The number of furan rings is 1. The lowest BCUT2D eigenvalue weighted by atomic mass is 10.1. The molecule has 0 fully saturated rings. The lowest BCUT2D eigenvalue weighted by Crippen LogP contribution is -2.46. The summed E-state index contributed by atoms with van der Waals surface area (Å²) in [5.41, 5.74) is 5.58. The van der Waals surface area contributed by atoms with Crippen LogP contribution >= 0.6 is 0 Å². The van der Waals surface area contributed by atoms with Crippen LogP contribution in [-0.4, -0.2) is 36.0 Å². The summed E-state index contributed by atoms with van der Waals surface area (Å²) in [5.74, 6) is 1.80. The van der Waals surface area contributed by atoms with Gasteiger partial charge < -0.3 is 15.5 Å². The fourth-order valence-electron chi connectivity index (χ4n) is 2.05. The third kappa shape index (κ3) is 5.75. The van der Waals surface area contributed by atoms with Crippen molar-refractivity contribution < 1.29 is 9.21 Å². The molecule has 0 aliphatic rings. The number of nitrogens with one attached hydrogen (secondary N) is 1. The van der Waals surface area contributed by atoms with Crippen molar-refractivity contribution in [3.05, 3.63) is 23.7 Å². The third-order valence-electron chi connectivity index (χ3n) is 3.03. The highest BCUT2D eigenvalue weighted by molar-refractivity contribution is 5.77. The maximum absolute atomic E-state index is 12.0. The summed E-state index contributed by atoms with van der Waals surface area (Å²) in [6.07, 6.45) is 0.393. The van der Waals surface area contributed by atoms with Crippen LogP contribution in [0, 0.1) is 6.92 Å². The van der Waals surface area contributed by atoms with Crippen molar-refractivity contribution in [2.45, 2.75) is 52.2 Å². The average molecular weight is 281 g/mol. The zero-order valence-corrected chi connectivity index (χ0v) is 13.2. The van der Waals surface area contributed by atoms with Crippen LogP contribution in [0.5, 0.6) is 0 Å². The van der Waals surface area contributed by atoms with E-state index in [1.165, 1.54) is 0 Å². The molecule has 1 amide bonds. The van der Waals surface area contributed by atoms with Gasteiger partial charge in [-0.3, -0.25) is 9.69 Å². The molecule has 1 rings (SSSR count). The molecule has 0 aliphatic carbocycles. The van der Waals surface area contributed by atoms with Crippen LogP contribution in [0.3, 0.4) is 0 Å². The lowest BCUT2D eigenvalue weighted by Gasteiger charge is -2.27. The normalized spacial score (nSPS) is 13.6. The van der Waals surface area contributed by atoms with E-state index < -0.39 is 0 Å². The molecule has 20 heavy (non-hydrogen) atoms. The predicted molar refractivity (Wildman–Crippen MR) is 80.3 cm³/mol. The zero-order valence-electron chi connectivity index (χ0n) is 13.2. The van der Waals surface area contributed by atoms with Crippen molar-refractivity contribution >= 4 is 5.91 Å². The summed E-state index contributed by atoms with van der Waals surface area (Å²) in [7, 11) is 1.96. The van der Waals surface area contributed by atoms with Gasteiger partial charge in [0.25, 0.3) is 0 Å². The molecule has 0 bridgehead atoms. The van der Waals surface area contributed by atoms with E-state index in [4.69, 9.17) is 10.2 Å². The fourth-order valence-corrected chi connectivity index (χ4v) is 2.05. The van der Waals surface area contributed by atoms with Crippen molar-refractivity contribution in [1.82, 2.24) is 10.2 Å². The van der Waals surface area contributed by atoms with Gasteiger partial charge in [-0.25, -0.2) is 0 Å². The second-order valence-corrected chi connectivity index (χ2v) is 6.32. The number of hydrogen-bond donors (Lipinski definition) is 2. The van der Waals surface area contributed by atoms with Crippen LogP contribution in [0.2, 0.25) is 0 Å². The van der Waals surface area contributed by atoms with Gasteiger partial charge in [0, 0.05) is 24.5 Å². The Hall–Kier alpha value is -1.33. The van der Waals surface area contributed by atoms with Crippen molar-refractivity contribution in [3.63, 3.8) is 0 Å². The number of nitrogens with zero attached hydrogens (tertiary/aromatic N) is 1. The first kappa shape index (κ1) is 16.7. The van der Waals surface area contributed by atoms with Gasteiger partial charge in [0.05, 0.1) is 6.54 Å². The molecule has 0 aliphatic heterocycles. The fraction of sp³-hybridized carbons (Fsp3) is 0.667. The SMILES string of the molecule is Cc1ccc(CN(C)C(CN)CC(=O)NC(C)(C)C)o1. The molecule has 0 radical (unpaired) electrons. The first-order chi connectivity index (χ1) is 9.21. The number of hydrogen-bond acceptors (Lipinski definition) is 4. The molecule has 1 aromatic heterocycles. The molecule has 3 N–H and O–H groups in total. The summed E-state index contributed by atoms with van der Waals surface area (Å²) in [4.78, 5) is 14.0. The molecule has 5 nitrogen and oxygen atoms in total. The van der Waals surface area contributed by atoms with Crippen molar-refractivity contribution in [2.24, 2.45) is 5.73 Å². The Balaban J connectivity index is 2.54. The average Bonchev–Trinajstić information content (AvgIpc) is 2.69. The van der Waals surface area contributed by atoms with Gasteiger partial charge in [-0.05, 0) is 46.9 Å². The maximum Gasteiger partial charge on any atom is 0.222 e. The van der Waals surface area contributed by atoms with Crippen LogP contribution in [-0.2, 0) is 11.3 Å². The second-order valence-electron chi connectivity index (χ2n) is 6.32. The zero-order chi connectivity index (χ0) is 15.3. The highest BCUT2D eigenvalue weighted by Gasteiger charge is 2.21. The van der Waals surface area contributed by atoms with Crippen LogP contribution in [0.4, 0.5) is 0 Å². The smallest absolute Gasteiger partial charge is 0.222 e. The molecule has 0 saturated carbocycles. The van der Waals surface area contributed by atoms with E-state index in [1.54, 1.807) is 0 Å². The highest BCUT2D eigenvalue weighted by Crippen LogP contribution is 2.12. The molecule has 114 valence electrons. The monoisotopic (exact) mass is 281 g/mol. The molecule has 0 aromatic carbocycles. The summed E-state index contributed by atoms with van der Waals surface area (Å²) in [5, 5.41) is 2.96. The number of rotatable bonds is 6. The Bertz CT molecular complexity index is 435. The number of carbonyl (C=O) groups excluding carboxylic acids is 1. The minimum atomic E-state index is -0.215. The Morgan fingerprint density at radius 3 is 2.55 bits per heavy atom. The lowest BCUT2D eigenvalue weighted by molar-refractivity contribution is -0.123. The van der Waals surface area contributed by atoms with E-state index in [0.717, 1.165) is 11.5 Å². The summed E-state index contributed by atoms with van der Waals surface area (Å²) >= 11 is 0. The van der Waals surface area contributed by atoms with Gasteiger partial charge in [0.15, 0.2) is 0 Å². The number of likely N-dealkylation sites (N-methyl/N-ethyl adjacent to an activating group) is 1. The van der Waals surface area contributed by atoms with Crippen LogP contribution in [0.25, 0.3) is 0 Å². The van der Waals surface area contributed by atoms with E-state index in [9.17, 15) is 4.79 Å². The molecule has 1 atom stereocenters. The Labute approximate surface area is 121 Å². The van der Waals surface area contributed by atoms with Gasteiger partial charge in [-0.1, -0.05) is 0 Å². The first-order valence-corrected chi connectivity index (χ1v) is 6.98. The van der Waals surface area contributed by atoms with E-state index >= 15 is 0 Å². The second kappa shape index (κ2) is 6.90. The van der Waals surface area contributed by atoms with Gasteiger partial charge in [-0.2, -0.15) is 0 Å². The molecule has 5 heteroatoms. The quantitative estimate of drug-likeness (QED) is 0.831. The third-order valence-corrected chi connectivity index (χ3v) is 3.03. The number of aryl methyl sites for hydroxylation is 1. The molecular weight excluding hydrogens is 254 g/mol. The molecule has 1 heterocycles. The number of nitrogens with two attached hydrogens (primary N) is 1. The highest BCUT2D eigenvalue weighted by atomic mass is 16.3.